The minimum absolute atomic E-state index is 1.02. The summed E-state index contributed by atoms with van der Waals surface area (Å²) < 4.78 is 2.10. The van der Waals surface area contributed by atoms with E-state index in [4.69, 9.17) is 0 Å². The van der Waals surface area contributed by atoms with Crippen molar-refractivity contribution < 1.29 is 0 Å². The van der Waals surface area contributed by atoms with Gasteiger partial charge in [-0.2, -0.15) is 0 Å². The molecule has 0 radical (unpaired) electrons. The van der Waals surface area contributed by atoms with E-state index in [0.717, 1.165) is 28.2 Å². The van der Waals surface area contributed by atoms with Crippen LogP contribution in [0.3, 0.4) is 0 Å². The fraction of sp³-hybridized carbons (Fsp3) is 0.133. The van der Waals surface area contributed by atoms with Crippen molar-refractivity contribution in [2.45, 2.75) is 6.92 Å². The van der Waals surface area contributed by atoms with Crippen molar-refractivity contribution in [3.8, 4) is 0 Å². The molecule has 0 amide bonds. The van der Waals surface area contributed by atoms with Crippen molar-refractivity contribution in [3.63, 3.8) is 0 Å². The number of nitrogens with zero attached hydrogens (tertiary/aromatic N) is 2. The summed E-state index contributed by atoms with van der Waals surface area (Å²) in [5.74, 6) is 1.03. The molecular formula is C15H15N3. The van der Waals surface area contributed by atoms with Crippen molar-refractivity contribution in [1.29, 1.82) is 0 Å². The van der Waals surface area contributed by atoms with Crippen molar-refractivity contribution >= 4 is 22.4 Å². The van der Waals surface area contributed by atoms with Crippen molar-refractivity contribution in [3.05, 3.63) is 54.4 Å². The van der Waals surface area contributed by atoms with Crippen LogP contribution in [0.15, 0.2) is 48.5 Å². The first kappa shape index (κ1) is 10.8. The number of anilines is 2. The van der Waals surface area contributed by atoms with Crippen LogP contribution in [-0.2, 0) is 7.05 Å². The van der Waals surface area contributed by atoms with E-state index < -0.39 is 0 Å². The summed E-state index contributed by atoms with van der Waals surface area (Å²) in [5, 5.41) is 3.38. The second kappa shape index (κ2) is 4.18. The van der Waals surface area contributed by atoms with Gasteiger partial charge in [0.15, 0.2) is 0 Å². The van der Waals surface area contributed by atoms with Gasteiger partial charge >= 0.3 is 0 Å². The zero-order chi connectivity index (χ0) is 12.5. The van der Waals surface area contributed by atoms with Gasteiger partial charge < -0.3 is 9.88 Å². The molecule has 0 atom stereocenters. The highest BCUT2D eigenvalue weighted by molar-refractivity contribution is 5.81. The van der Waals surface area contributed by atoms with E-state index in [1.165, 1.54) is 0 Å². The minimum atomic E-state index is 1.02. The second-order valence-corrected chi connectivity index (χ2v) is 4.41. The molecule has 0 bridgehead atoms. The summed E-state index contributed by atoms with van der Waals surface area (Å²) in [6.45, 7) is 2.02. The Morgan fingerprint density at radius 2 is 1.78 bits per heavy atom. The highest BCUT2D eigenvalue weighted by atomic mass is 15.0. The number of aryl methyl sites for hydroxylation is 2. The number of hydrogen-bond donors (Lipinski definition) is 1. The molecule has 0 aliphatic rings. The SMILES string of the molecule is Cc1nc2cc(Nc3ccccc3)ccc2n1C. The Bertz CT molecular complexity index is 684. The van der Waals surface area contributed by atoms with Crippen molar-refractivity contribution in [2.24, 2.45) is 7.05 Å². The molecule has 0 saturated carbocycles. The smallest absolute Gasteiger partial charge is 0.106 e. The third kappa shape index (κ3) is 1.84. The van der Waals surface area contributed by atoms with Crippen LogP contribution in [0.1, 0.15) is 5.82 Å². The molecule has 1 aromatic heterocycles. The molecule has 1 heterocycles. The number of nitrogens with one attached hydrogen (secondary N) is 1. The molecule has 3 aromatic rings. The predicted molar refractivity (Wildman–Crippen MR) is 75.2 cm³/mol. The average molecular weight is 237 g/mol. The summed E-state index contributed by atoms with van der Waals surface area (Å²) >= 11 is 0. The van der Waals surface area contributed by atoms with Crippen LogP contribution in [0.2, 0.25) is 0 Å². The highest BCUT2D eigenvalue weighted by Gasteiger charge is 2.04. The Kier molecular flexibility index (Phi) is 2.52. The molecule has 0 aliphatic carbocycles. The van der Waals surface area contributed by atoms with Gasteiger partial charge in [-0.15, -0.1) is 0 Å². The molecule has 0 saturated heterocycles. The lowest BCUT2D eigenvalue weighted by Gasteiger charge is -2.06. The van der Waals surface area contributed by atoms with Crippen LogP contribution in [-0.4, -0.2) is 9.55 Å². The van der Waals surface area contributed by atoms with Crippen LogP contribution in [0, 0.1) is 6.92 Å². The van der Waals surface area contributed by atoms with Crippen LogP contribution >= 0.6 is 0 Å². The van der Waals surface area contributed by atoms with E-state index in [9.17, 15) is 0 Å². The molecule has 1 N–H and O–H groups in total. The van der Waals surface area contributed by atoms with Gasteiger partial charge in [-0.1, -0.05) is 18.2 Å². The van der Waals surface area contributed by atoms with Gasteiger partial charge in [0.2, 0.25) is 0 Å². The number of para-hydroxylation sites is 1. The Morgan fingerprint density at radius 3 is 2.56 bits per heavy atom. The van der Waals surface area contributed by atoms with Crippen LogP contribution in [0.4, 0.5) is 11.4 Å². The highest BCUT2D eigenvalue weighted by Crippen LogP contribution is 2.22. The molecule has 3 rings (SSSR count). The number of imidazole rings is 1. The largest absolute Gasteiger partial charge is 0.355 e. The first-order valence-corrected chi connectivity index (χ1v) is 5.99. The summed E-state index contributed by atoms with van der Waals surface area (Å²) in [5.41, 5.74) is 4.33. The van der Waals surface area contributed by atoms with Gasteiger partial charge in [0.1, 0.15) is 5.82 Å². The van der Waals surface area contributed by atoms with E-state index in [2.05, 4.69) is 33.1 Å². The summed E-state index contributed by atoms with van der Waals surface area (Å²) in [7, 11) is 2.04. The van der Waals surface area contributed by atoms with Gasteiger partial charge in [0.25, 0.3) is 0 Å². The first-order valence-electron chi connectivity index (χ1n) is 5.99. The molecule has 90 valence electrons. The zero-order valence-corrected chi connectivity index (χ0v) is 10.5. The van der Waals surface area contributed by atoms with Crippen LogP contribution in [0.25, 0.3) is 11.0 Å². The lowest BCUT2D eigenvalue weighted by molar-refractivity contribution is 0.886. The molecule has 0 unspecified atom stereocenters. The lowest BCUT2D eigenvalue weighted by atomic mass is 10.2. The normalized spacial score (nSPS) is 10.8. The molecule has 18 heavy (non-hydrogen) atoms. The standard InChI is InChI=1S/C15H15N3/c1-11-16-14-10-13(8-9-15(14)18(11)2)17-12-6-4-3-5-7-12/h3-10,17H,1-2H3. The van der Waals surface area contributed by atoms with E-state index in [-0.39, 0.29) is 0 Å². The average Bonchev–Trinajstić information content (AvgIpc) is 2.66. The minimum Gasteiger partial charge on any atom is -0.355 e. The van der Waals surface area contributed by atoms with E-state index in [1.807, 2.05) is 44.3 Å². The Hall–Kier alpha value is -2.29. The number of rotatable bonds is 2. The third-order valence-electron chi connectivity index (χ3n) is 3.17. The number of hydrogen-bond acceptors (Lipinski definition) is 2. The van der Waals surface area contributed by atoms with Crippen LogP contribution < -0.4 is 5.32 Å². The maximum absolute atomic E-state index is 4.54. The maximum Gasteiger partial charge on any atom is 0.106 e. The van der Waals surface area contributed by atoms with E-state index >= 15 is 0 Å². The lowest BCUT2D eigenvalue weighted by Crippen LogP contribution is -1.91. The topological polar surface area (TPSA) is 29.9 Å². The van der Waals surface area contributed by atoms with Gasteiger partial charge in [0.05, 0.1) is 11.0 Å². The van der Waals surface area contributed by atoms with Crippen molar-refractivity contribution in [2.75, 3.05) is 5.32 Å². The van der Waals surface area contributed by atoms with Gasteiger partial charge in [0, 0.05) is 18.4 Å². The summed E-state index contributed by atoms with van der Waals surface area (Å²) in [6, 6.07) is 16.4. The second-order valence-electron chi connectivity index (χ2n) is 4.41. The Morgan fingerprint density at radius 1 is 1.00 bits per heavy atom. The molecule has 0 aliphatic heterocycles. The summed E-state index contributed by atoms with van der Waals surface area (Å²) in [4.78, 5) is 4.54. The summed E-state index contributed by atoms with van der Waals surface area (Å²) in [6.07, 6.45) is 0. The zero-order valence-electron chi connectivity index (χ0n) is 10.5. The first-order chi connectivity index (χ1) is 8.74. The molecular weight excluding hydrogens is 222 g/mol. The predicted octanol–water partition coefficient (Wildman–Crippen LogP) is 3.63. The van der Waals surface area contributed by atoms with Crippen molar-refractivity contribution in [1.82, 2.24) is 9.55 Å². The van der Waals surface area contributed by atoms with Gasteiger partial charge in [-0.05, 0) is 37.3 Å². The third-order valence-corrected chi connectivity index (χ3v) is 3.17. The van der Waals surface area contributed by atoms with Crippen LogP contribution in [0.5, 0.6) is 0 Å². The Balaban J connectivity index is 1.99. The molecule has 2 aromatic carbocycles. The fourth-order valence-electron chi connectivity index (χ4n) is 2.09. The Labute approximate surface area is 106 Å². The molecule has 0 fully saturated rings. The van der Waals surface area contributed by atoms with E-state index in [1.54, 1.807) is 0 Å². The van der Waals surface area contributed by atoms with Gasteiger partial charge in [-0.25, -0.2) is 4.98 Å². The number of aromatic nitrogens is 2. The fourth-order valence-corrected chi connectivity index (χ4v) is 2.09. The van der Waals surface area contributed by atoms with Gasteiger partial charge in [-0.3, -0.25) is 0 Å². The van der Waals surface area contributed by atoms with E-state index in [0.29, 0.717) is 0 Å². The molecule has 3 nitrogen and oxygen atoms in total. The monoisotopic (exact) mass is 237 g/mol. The number of benzene rings is 2. The molecule has 3 heteroatoms. The number of fused-ring (bicyclic) bond motifs is 1. The quantitative estimate of drug-likeness (QED) is 0.737. The molecule has 0 spiro atoms. The maximum atomic E-state index is 4.54.